The Morgan fingerprint density at radius 3 is 2.65 bits per heavy atom. The lowest BCUT2D eigenvalue weighted by Gasteiger charge is -2.52. The second kappa shape index (κ2) is 10.2. The van der Waals surface area contributed by atoms with Gasteiger partial charge >= 0.3 is 6.09 Å². The van der Waals surface area contributed by atoms with Crippen molar-refractivity contribution in [3.63, 3.8) is 0 Å². The highest BCUT2D eigenvalue weighted by molar-refractivity contribution is 5.87. The molecule has 4 aliphatic rings. The summed E-state index contributed by atoms with van der Waals surface area (Å²) in [6.07, 6.45) is 4.10. The molecule has 5 nitrogen and oxygen atoms in total. The Kier molecular flexibility index (Phi) is 6.64. The molecule has 5 heteroatoms. The van der Waals surface area contributed by atoms with E-state index in [2.05, 4.69) is 49.4 Å². The number of piperidine rings is 3. The third-order valence-corrected chi connectivity index (χ3v) is 8.64. The van der Waals surface area contributed by atoms with Gasteiger partial charge in [0, 0.05) is 37.3 Å². The largest absolute Gasteiger partial charge is 0.493 e. The molecule has 1 atom stereocenters. The van der Waals surface area contributed by atoms with Crippen LogP contribution in [0.5, 0.6) is 5.75 Å². The zero-order valence-electron chi connectivity index (χ0n) is 21.8. The zero-order chi connectivity index (χ0) is 25.2. The molecule has 0 saturated carbocycles. The number of rotatable bonds is 7. The van der Waals surface area contributed by atoms with Gasteiger partial charge in [-0.2, -0.15) is 0 Å². The molecule has 0 spiro atoms. The monoisotopic (exact) mass is 497 g/mol. The molecule has 3 aromatic rings. The van der Waals surface area contributed by atoms with Crippen LogP contribution in [-0.4, -0.2) is 49.5 Å². The zero-order valence-corrected chi connectivity index (χ0v) is 21.8. The Labute approximate surface area is 220 Å². The maximum absolute atomic E-state index is 13.7. The van der Waals surface area contributed by atoms with Crippen molar-refractivity contribution < 1.29 is 18.8 Å². The lowest BCUT2D eigenvalue weighted by molar-refractivity contribution is -0.945. The number of aryl methyl sites for hydroxylation is 1. The topological polar surface area (TPSA) is 38.8 Å². The standard InChI is InChI=1S/C32H37N2O3/c1-24-6-5-9-29(20-24)33(22-26-7-3-2-4-8-26)32(35)37-31-23-34(17-13-27(31)14-18-34)16-12-25-10-11-30-28(21-25)15-19-36-30/h2-11,20-21,27,31H,12-19,22-23H2,1H3/q+1. The van der Waals surface area contributed by atoms with Crippen molar-refractivity contribution in [3.05, 3.63) is 95.1 Å². The summed E-state index contributed by atoms with van der Waals surface area (Å²) >= 11 is 0. The Hall–Kier alpha value is -3.31. The molecule has 0 aromatic heterocycles. The molecule has 0 radical (unpaired) electrons. The lowest BCUT2D eigenvalue weighted by atomic mass is 9.83. The van der Waals surface area contributed by atoms with Crippen molar-refractivity contribution in [3.8, 4) is 5.75 Å². The van der Waals surface area contributed by atoms with Crippen LogP contribution in [0.4, 0.5) is 10.5 Å². The second-order valence-electron chi connectivity index (χ2n) is 11.2. The van der Waals surface area contributed by atoms with Crippen LogP contribution in [0.2, 0.25) is 0 Å². The molecule has 37 heavy (non-hydrogen) atoms. The molecular weight excluding hydrogens is 460 g/mol. The maximum atomic E-state index is 13.7. The van der Waals surface area contributed by atoms with Crippen molar-refractivity contribution in [1.29, 1.82) is 0 Å². The van der Waals surface area contributed by atoms with E-state index < -0.39 is 0 Å². The van der Waals surface area contributed by atoms with Crippen molar-refractivity contribution in [2.45, 2.75) is 45.3 Å². The van der Waals surface area contributed by atoms with E-state index in [1.54, 1.807) is 4.90 Å². The molecule has 4 heterocycles. The van der Waals surface area contributed by atoms with Gasteiger partial charge in [-0.3, -0.25) is 4.90 Å². The van der Waals surface area contributed by atoms with Gasteiger partial charge in [0.1, 0.15) is 12.3 Å². The van der Waals surface area contributed by atoms with Gasteiger partial charge in [-0.25, -0.2) is 4.79 Å². The molecule has 192 valence electrons. The van der Waals surface area contributed by atoms with E-state index in [-0.39, 0.29) is 12.2 Å². The van der Waals surface area contributed by atoms with Crippen molar-refractivity contribution >= 4 is 11.8 Å². The summed E-state index contributed by atoms with van der Waals surface area (Å²) in [5.41, 5.74) is 5.86. The highest BCUT2D eigenvalue weighted by Crippen LogP contribution is 2.37. The molecule has 1 amide bonds. The lowest BCUT2D eigenvalue weighted by Crippen LogP contribution is -2.65. The first-order chi connectivity index (χ1) is 18.1. The number of hydrogen-bond acceptors (Lipinski definition) is 3. The first kappa shape index (κ1) is 24.1. The normalized spacial score (nSPS) is 23.8. The molecule has 0 aliphatic carbocycles. The van der Waals surface area contributed by atoms with Crippen LogP contribution >= 0.6 is 0 Å². The number of nitrogens with zero attached hydrogens (tertiary/aromatic N) is 2. The second-order valence-corrected chi connectivity index (χ2v) is 11.2. The van der Waals surface area contributed by atoms with Gasteiger partial charge in [0.15, 0.2) is 6.10 Å². The van der Waals surface area contributed by atoms with Gasteiger partial charge in [0.05, 0.1) is 32.8 Å². The first-order valence-corrected chi connectivity index (χ1v) is 13.8. The fourth-order valence-corrected chi connectivity index (χ4v) is 6.45. The minimum atomic E-state index is -0.232. The number of fused-ring (bicyclic) bond motifs is 4. The van der Waals surface area contributed by atoms with E-state index >= 15 is 0 Å². The first-order valence-electron chi connectivity index (χ1n) is 13.8. The molecule has 0 N–H and O–H groups in total. The smallest absolute Gasteiger partial charge is 0.415 e. The molecule has 3 fully saturated rings. The predicted octanol–water partition coefficient (Wildman–Crippen LogP) is 5.92. The molecule has 3 aromatic carbocycles. The van der Waals surface area contributed by atoms with E-state index in [0.717, 1.165) is 72.4 Å². The Bertz CT molecular complexity index is 1250. The van der Waals surface area contributed by atoms with Gasteiger partial charge in [-0.05, 0) is 47.4 Å². The van der Waals surface area contributed by atoms with Crippen LogP contribution in [0.25, 0.3) is 0 Å². The van der Waals surface area contributed by atoms with Crippen LogP contribution in [0.1, 0.15) is 35.1 Å². The van der Waals surface area contributed by atoms with Crippen LogP contribution in [0.3, 0.4) is 0 Å². The van der Waals surface area contributed by atoms with E-state index in [1.807, 2.05) is 30.3 Å². The summed E-state index contributed by atoms with van der Waals surface area (Å²) in [6.45, 7) is 7.78. The number of carbonyl (C=O) groups excluding carboxylic acids is 1. The Morgan fingerprint density at radius 2 is 1.84 bits per heavy atom. The average Bonchev–Trinajstić information content (AvgIpc) is 3.40. The van der Waals surface area contributed by atoms with Crippen LogP contribution < -0.4 is 9.64 Å². The van der Waals surface area contributed by atoms with E-state index in [9.17, 15) is 4.79 Å². The molecule has 4 aliphatic heterocycles. The van der Waals surface area contributed by atoms with Crippen molar-refractivity contribution in [2.24, 2.45) is 5.92 Å². The van der Waals surface area contributed by atoms with Gasteiger partial charge in [0.25, 0.3) is 0 Å². The van der Waals surface area contributed by atoms with Crippen LogP contribution in [0.15, 0.2) is 72.8 Å². The van der Waals surface area contributed by atoms with Gasteiger partial charge in [-0.15, -0.1) is 0 Å². The number of anilines is 1. The van der Waals surface area contributed by atoms with Crippen molar-refractivity contribution in [2.75, 3.05) is 37.7 Å². The van der Waals surface area contributed by atoms with Gasteiger partial charge in [0.2, 0.25) is 0 Å². The minimum absolute atomic E-state index is 0.0218. The highest BCUT2D eigenvalue weighted by Gasteiger charge is 2.47. The fraction of sp³-hybridized carbons (Fsp3) is 0.406. The summed E-state index contributed by atoms with van der Waals surface area (Å²) in [7, 11) is 0. The number of amides is 1. The summed E-state index contributed by atoms with van der Waals surface area (Å²) < 4.78 is 13.1. The molecular formula is C32H37N2O3+. The predicted molar refractivity (Wildman–Crippen MR) is 146 cm³/mol. The van der Waals surface area contributed by atoms with Crippen molar-refractivity contribution in [1.82, 2.24) is 0 Å². The summed E-state index contributed by atoms with van der Waals surface area (Å²) in [5.74, 6) is 1.52. The molecule has 7 rings (SSSR count). The number of hydrogen-bond donors (Lipinski definition) is 0. The minimum Gasteiger partial charge on any atom is -0.493 e. The number of carbonyl (C=O) groups is 1. The van der Waals surface area contributed by atoms with E-state index in [4.69, 9.17) is 9.47 Å². The number of ether oxygens (including phenoxy) is 2. The van der Waals surface area contributed by atoms with E-state index in [0.29, 0.717) is 12.5 Å². The summed E-state index contributed by atoms with van der Waals surface area (Å²) in [6, 6.07) is 25.0. The van der Waals surface area contributed by atoms with Gasteiger partial charge in [-0.1, -0.05) is 54.6 Å². The van der Waals surface area contributed by atoms with Crippen LogP contribution in [0, 0.1) is 12.8 Å². The maximum Gasteiger partial charge on any atom is 0.415 e. The van der Waals surface area contributed by atoms with Crippen LogP contribution in [-0.2, 0) is 24.1 Å². The third kappa shape index (κ3) is 5.24. The van der Waals surface area contributed by atoms with E-state index in [1.165, 1.54) is 24.2 Å². The molecule has 1 unspecified atom stereocenters. The summed E-state index contributed by atoms with van der Waals surface area (Å²) in [4.78, 5) is 15.5. The third-order valence-electron chi connectivity index (χ3n) is 8.64. The average molecular weight is 498 g/mol. The SMILES string of the molecule is Cc1cccc(N(Cc2ccccc2)C(=O)OC2C[N+]3(CCc4ccc5c(c4)CCO5)CCC2CC3)c1. The molecule has 3 saturated heterocycles. The van der Waals surface area contributed by atoms with Gasteiger partial charge < -0.3 is 14.0 Å². The highest BCUT2D eigenvalue weighted by atomic mass is 16.6. The summed E-state index contributed by atoms with van der Waals surface area (Å²) in [5, 5.41) is 0. The Morgan fingerprint density at radius 1 is 1.00 bits per heavy atom. The Balaban J connectivity index is 1.15. The fourth-order valence-electron chi connectivity index (χ4n) is 6.45. The quantitative estimate of drug-likeness (QED) is 0.380. The number of quaternary nitrogens is 1. The molecule has 2 bridgehead atoms. The number of benzene rings is 3.